The quantitative estimate of drug-likeness (QED) is 0.764. The first-order chi connectivity index (χ1) is 7.91. The molecule has 0 spiro atoms. The first-order valence-corrected chi connectivity index (χ1v) is 6.24. The minimum Gasteiger partial charge on any atom is -0.339 e. The second kappa shape index (κ2) is 5.94. The third-order valence-electron chi connectivity index (χ3n) is 2.80. The minimum absolute atomic E-state index is 0.0825. The SMILES string of the molecule is CC(=O)C(c1nc(CCC(C)C)no1)C(C)C. The van der Waals surface area contributed by atoms with Gasteiger partial charge in [-0.1, -0.05) is 32.9 Å². The van der Waals surface area contributed by atoms with E-state index in [0.29, 0.717) is 17.6 Å². The van der Waals surface area contributed by atoms with Gasteiger partial charge in [-0.05, 0) is 25.2 Å². The van der Waals surface area contributed by atoms with Crippen LogP contribution in [0.1, 0.15) is 58.7 Å². The molecule has 1 heterocycles. The third kappa shape index (κ3) is 3.95. The van der Waals surface area contributed by atoms with Crippen molar-refractivity contribution in [3.05, 3.63) is 11.7 Å². The van der Waals surface area contributed by atoms with Gasteiger partial charge in [0.2, 0.25) is 5.89 Å². The van der Waals surface area contributed by atoms with Crippen molar-refractivity contribution in [2.24, 2.45) is 11.8 Å². The molecule has 1 aromatic heterocycles. The van der Waals surface area contributed by atoms with E-state index in [1.54, 1.807) is 6.92 Å². The van der Waals surface area contributed by atoms with E-state index in [2.05, 4.69) is 24.0 Å². The fourth-order valence-corrected chi connectivity index (χ4v) is 1.84. The predicted octanol–water partition coefficient (Wildman–Crippen LogP) is 2.99. The van der Waals surface area contributed by atoms with Crippen molar-refractivity contribution in [1.29, 1.82) is 0 Å². The molecule has 1 unspecified atom stereocenters. The zero-order chi connectivity index (χ0) is 13.0. The van der Waals surface area contributed by atoms with Crippen molar-refractivity contribution in [1.82, 2.24) is 10.1 Å². The highest BCUT2D eigenvalue weighted by Crippen LogP contribution is 2.24. The number of rotatable bonds is 6. The Labute approximate surface area is 103 Å². The van der Waals surface area contributed by atoms with Gasteiger partial charge in [0, 0.05) is 6.42 Å². The van der Waals surface area contributed by atoms with Gasteiger partial charge in [-0.3, -0.25) is 4.79 Å². The number of hydrogen-bond donors (Lipinski definition) is 0. The normalized spacial score (nSPS) is 13.4. The van der Waals surface area contributed by atoms with Crippen molar-refractivity contribution in [2.45, 2.75) is 53.4 Å². The van der Waals surface area contributed by atoms with Crippen molar-refractivity contribution in [3.63, 3.8) is 0 Å². The van der Waals surface area contributed by atoms with Crippen LogP contribution < -0.4 is 0 Å². The molecule has 4 nitrogen and oxygen atoms in total. The van der Waals surface area contributed by atoms with Crippen LogP contribution in [0.25, 0.3) is 0 Å². The number of aryl methyl sites for hydroxylation is 1. The highest BCUT2D eigenvalue weighted by Gasteiger charge is 2.26. The van der Waals surface area contributed by atoms with Crippen LogP contribution in [0.3, 0.4) is 0 Å². The molecule has 1 rings (SSSR count). The lowest BCUT2D eigenvalue weighted by atomic mass is 9.92. The highest BCUT2D eigenvalue weighted by molar-refractivity contribution is 5.82. The Hall–Kier alpha value is -1.19. The zero-order valence-electron chi connectivity index (χ0n) is 11.4. The van der Waals surface area contributed by atoms with Crippen LogP contribution in [0.5, 0.6) is 0 Å². The van der Waals surface area contributed by atoms with Crippen molar-refractivity contribution in [3.8, 4) is 0 Å². The summed E-state index contributed by atoms with van der Waals surface area (Å²) in [5.41, 5.74) is 0. The van der Waals surface area contributed by atoms with Crippen LogP contribution in [0.4, 0.5) is 0 Å². The van der Waals surface area contributed by atoms with Gasteiger partial charge in [-0.25, -0.2) is 0 Å². The van der Waals surface area contributed by atoms with Gasteiger partial charge in [-0.2, -0.15) is 4.98 Å². The molecule has 0 aliphatic carbocycles. The molecule has 0 aliphatic heterocycles. The smallest absolute Gasteiger partial charge is 0.237 e. The molecule has 0 fully saturated rings. The van der Waals surface area contributed by atoms with Gasteiger partial charge in [-0.15, -0.1) is 0 Å². The monoisotopic (exact) mass is 238 g/mol. The minimum atomic E-state index is -0.268. The Morgan fingerprint density at radius 2 is 1.94 bits per heavy atom. The van der Waals surface area contributed by atoms with Gasteiger partial charge in [0.05, 0.1) is 5.92 Å². The summed E-state index contributed by atoms with van der Waals surface area (Å²) < 4.78 is 5.20. The van der Waals surface area contributed by atoms with Gasteiger partial charge in [0.15, 0.2) is 5.82 Å². The van der Waals surface area contributed by atoms with Crippen molar-refractivity contribution < 1.29 is 9.32 Å². The molecule has 0 aliphatic rings. The average molecular weight is 238 g/mol. The molecule has 0 radical (unpaired) electrons. The third-order valence-corrected chi connectivity index (χ3v) is 2.80. The van der Waals surface area contributed by atoms with Crippen molar-refractivity contribution >= 4 is 5.78 Å². The lowest BCUT2D eigenvalue weighted by Gasteiger charge is -2.12. The molecular weight excluding hydrogens is 216 g/mol. The summed E-state index contributed by atoms with van der Waals surface area (Å²) in [7, 11) is 0. The van der Waals surface area contributed by atoms with Gasteiger partial charge >= 0.3 is 0 Å². The van der Waals surface area contributed by atoms with Crippen LogP contribution in [0, 0.1) is 11.8 Å². The van der Waals surface area contributed by atoms with E-state index in [1.165, 1.54) is 0 Å². The lowest BCUT2D eigenvalue weighted by molar-refractivity contribution is -0.119. The van der Waals surface area contributed by atoms with E-state index < -0.39 is 0 Å². The summed E-state index contributed by atoms with van der Waals surface area (Å²) in [6.07, 6.45) is 1.84. The number of Topliss-reactive ketones (excluding diaryl/α,β-unsaturated/α-hetero) is 1. The maximum absolute atomic E-state index is 11.5. The molecular formula is C13H22N2O2. The van der Waals surface area contributed by atoms with E-state index in [9.17, 15) is 4.79 Å². The number of aromatic nitrogens is 2. The van der Waals surface area contributed by atoms with E-state index in [0.717, 1.165) is 12.8 Å². The second-order valence-corrected chi connectivity index (χ2v) is 5.31. The van der Waals surface area contributed by atoms with Gasteiger partial charge in [0.25, 0.3) is 0 Å². The number of nitrogens with zero attached hydrogens (tertiary/aromatic N) is 2. The highest BCUT2D eigenvalue weighted by atomic mass is 16.5. The summed E-state index contributed by atoms with van der Waals surface area (Å²) in [6, 6.07) is 0. The van der Waals surface area contributed by atoms with Gasteiger partial charge in [0.1, 0.15) is 5.78 Å². The molecule has 0 amide bonds. The Bertz CT molecular complexity index is 369. The summed E-state index contributed by atoms with van der Waals surface area (Å²) in [6.45, 7) is 9.87. The molecule has 1 atom stereocenters. The summed E-state index contributed by atoms with van der Waals surface area (Å²) in [5.74, 6) is 1.79. The van der Waals surface area contributed by atoms with E-state index in [-0.39, 0.29) is 17.6 Å². The summed E-state index contributed by atoms with van der Waals surface area (Å²) in [5, 5.41) is 3.94. The largest absolute Gasteiger partial charge is 0.339 e. The fourth-order valence-electron chi connectivity index (χ4n) is 1.84. The average Bonchev–Trinajstić information content (AvgIpc) is 2.62. The lowest BCUT2D eigenvalue weighted by Crippen LogP contribution is -2.15. The Morgan fingerprint density at radius 1 is 1.29 bits per heavy atom. The standard InChI is InChI=1S/C13H22N2O2/c1-8(2)6-7-11-14-13(17-15-11)12(9(3)4)10(5)16/h8-9,12H,6-7H2,1-5H3. The van der Waals surface area contributed by atoms with Crippen LogP contribution in [0.2, 0.25) is 0 Å². The van der Waals surface area contributed by atoms with Crippen LogP contribution in [-0.4, -0.2) is 15.9 Å². The number of carbonyl (C=O) groups is 1. The maximum Gasteiger partial charge on any atom is 0.237 e. The van der Waals surface area contributed by atoms with Crippen LogP contribution in [-0.2, 0) is 11.2 Å². The molecule has 4 heteroatoms. The van der Waals surface area contributed by atoms with Gasteiger partial charge < -0.3 is 4.52 Å². The number of ketones is 1. The predicted molar refractivity (Wildman–Crippen MR) is 65.7 cm³/mol. The molecule has 1 aromatic rings. The summed E-state index contributed by atoms with van der Waals surface area (Å²) >= 11 is 0. The van der Waals surface area contributed by atoms with E-state index >= 15 is 0 Å². The topological polar surface area (TPSA) is 56.0 Å². The number of carbonyl (C=O) groups excluding carboxylic acids is 1. The Kier molecular flexibility index (Phi) is 4.85. The second-order valence-electron chi connectivity index (χ2n) is 5.31. The molecule has 0 saturated carbocycles. The first-order valence-electron chi connectivity index (χ1n) is 6.24. The van der Waals surface area contributed by atoms with E-state index in [1.807, 2.05) is 13.8 Å². The first kappa shape index (κ1) is 13.9. The number of hydrogen-bond acceptors (Lipinski definition) is 4. The van der Waals surface area contributed by atoms with Crippen LogP contribution in [0.15, 0.2) is 4.52 Å². The molecule has 0 saturated heterocycles. The zero-order valence-corrected chi connectivity index (χ0v) is 11.4. The Balaban J connectivity index is 2.75. The molecule has 17 heavy (non-hydrogen) atoms. The summed E-state index contributed by atoms with van der Waals surface area (Å²) in [4.78, 5) is 15.9. The molecule has 0 N–H and O–H groups in total. The molecule has 96 valence electrons. The molecule has 0 bridgehead atoms. The molecule has 0 aromatic carbocycles. The van der Waals surface area contributed by atoms with E-state index in [4.69, 9.17) is 4.52 Å². The van der Waals surface area contributed by atoms with Crippen LogP contribution >= 0.6 is 0 Å². The maximum atomic E-state index is 11.5. The Morgan fingerprint density at radius 3 is 2.41 bits per heavy atom. The van der Waals surface area contributed by atoms with Crippen molar-refractivity contribution in [2.75, 3.05) is 0 Å². The fraction of sp³-hybridized carbons (Fsp3) is 0.769.